The monoisotopic (exact) mass is 292 g/mol. The molecule has 0 aromatic carbocycles. The molecule has 2 heterocycles. The predicted octanol–water partition coefficient (Wildman–Crippen LogP) is 2.36. The van der Waals surface area contributed by atoms with Crippen LogP contribution in [0, 0.1) is 6.92 Å². The Hall–Kier alpha value is -1.53. The van der Waals surface area contributed by atoms with Crippen LogP contribution in [0.3, 0.4) is 0 Å². The molecule has 2 aromatic heterocycles. The van der Waals surface area contributed by atoms with Crippen LogP contribution in [0.2, 0.25) is 0 Å². The highest BCUT2D eigenvalue weighted by atomic mass is 32.1. The maximum absolute atomic E-state index is 5.60. The van der Waals surface area contributed by atoms with E-state index in [1.807, 2.05) is 12.4 Å². The number of nitrogens with zero attached hydrogens (tertiary/aromatic N) is 3. The first-order valence-electron chi connectivity index (χ1n) is 6.83. The highest BCUT2D eigenvalue weighted by Crippen LogP contribution is 2.13. The van der Waals surface area contributed by atoms with E-state index in [9.17, 15) is 0 Å². The number of aromatic nitrogens is 3. The second-order valence-corrected chi connectivity index (χ2v) is 5.42. The molecule has 0 bridgehead atoms. The lowest BCUT2D eigenvalue weighted by atomic mass is 10.3. The Balaban J connectivity index is 1.74. The molecule has 108 valence electrons. The zero-order valence-electron chi connectivity index (χ0n) is 11.9. The molecule has 0 aliphatic carbocycles. The van der Waals surface area contributed by atoms with E-state index in [2.05, 4.69) is 27.2 Å². The van der Waals surface area contributed by atoms with E-state index < -0.39 is 0 Å². The lowest BCUT2D eigenvalue weighted by Crippen LogP contribution is -2.15. The van der Waals surface area contributed by atoms with Gasteiger partial charge in [0.05, 0.1) is 35.9 Å². The summed E-state index contributed by atoms with van der Waals surface area (Å²) in [6.45, 7) is 6.50. The molecule has 0 unspecified atom stereocenters. The molecule has 1 N–H and O–H groups in total. The van der Waals surface area contributed by atoms with E-state index in [0.29, 0.717) is 12.5 Å². The van der Waals surface area contributed by atoms with Gasteiger partial charge in [-0.15, -0.1) is 11.3 Å². The summed E-state index contributed by atoms with van der Waals surface area (Å²) in [4.78, 5) is 14.1. The zero-order valence-corrected chi connectivity index (χ0v) is 12.7. The van der Waals surface area contributed by atoms with Crippen molar-refractivity contribution >= 4 is 11.3 Å². The standard InChI is InChI=1S/C14H20N4OS/c1-3-5-15-7-12-8-17-14(9-16-12)19-6-4-13-11(2)18-10-20-13/h8-10,15H,3-7H2,1-2H3. The molecular weight excluding hydrogens is 272 g/mol. The van der Waals surface area contributed by atoms with Crippen LogP contribution in [0.25, 0.3) is 0 Å². The number of ether oxygens (including phenoxy) is 1. The average molecular weight is 292 g/mol. The van der Waals surface area contributed by atoms with Crippen molar-refractivity contribution in [2.75, 3.05) is 13.2 Å². The minimum absolute atomic E-state index is 0.575. The van der Waals surface area contributed by atoms with E-state index in [0.717, 1.165) is 37.3 Å². The quantitative estimate of drug-likeness (QED) is 0.757. The Morgan fingerprint density at radius 1 is 1.25 bits per heavy atom. The van der Waals surface area contributed by atoms with E-state index in [1.54, 1.807) is 23.7 Å². The Kier molecular flexibility index (Phi) is 5.88. The van der Waals surface area contributed by atoms with Crippen molar-refractivity contribution in [3.8, 4) is 5.88 Å². The van der Waals surface area contributed by atoms with Crippen molar-refractivity contribution in [2.24, 2.45) is 0 Å². The van der Waals surface area contributed by atoms with Crippen LogP contribution in [0.4, 0.5) is 0 Å². The largest absolute Gasteiger partial charge is 0.476 e. The molecule has 0 fully saturated rings. The summed E-state index contributed by atoms with van der Waals surface area (Å²) in [5, 5.41) is 3.29. The Bertz CT molecular complexity index is 512. The molecule has 20 heavy (non-hydrogen) atoms. The van der Waals surface area contributed by atoms with Gasteiger partial charge in [-0.3, -0.25) is 4.98 Å². The van der Waals surface area contributed by atoms with E-state index in [1.165, 1.54) is 4.88 Å². The van der Waals surface area contributed by atoms with Crippen molar-refractivity contribution in [2.45, 2.75) is 33.2 Å². The highest BCUT2D eigenvalue weighted by Gasteiger charge is 2.03. The SMILES string of the molecule is CCCNCc1cnc(OCCc2scnc2C)cn1. The van der Waals surface area contributed by atoms with Crippen LogP contribution >= 0.6 is 11.3 Å². The molecule has 0 saturated carbocycles. The van der Waals surface area contributed by atoms with Gasteiger partial charge in [0.15, 0.2) is 0 Å². The lowest BCUT2D eigenvalue weighted by molar-refractivity contribution is 0.308. The topological polar surface area (TPSA) is 59.9 Å². The van der Waals surface area contributed by atoms with E-state index >= 15 is 0 Å². The smallest absolute Gasteiger partial charge is 0.232 e. The number of hydrogen-bond donors (Lipinski definition) is 1. The van der Waals surface area contributed by atoms with Gasteiger partial charge < -0.3 is 10.1 Å². The molecular formula is C14H20N4OS. The Morgan fingerprint density at radius 3 is 2.80 bits per heavy atom. The number of hydrogen-bond acceptors (Lipinski definition) is 6. The zero-order chi connectivity index (χ0) is 14.2. The van der Waals surface area contributed by atoms with Gasteiger partial charge in [-0.1, -0.05) is 6.92 Å². The molecule has 0 aliphatic heterocycles. The van der Waals surface area contributed by atoms with Crippen LogP contribution < -0.4 is 10.1 Å². The third kappa shape index (κ3) is 4.54. The van der Waals surface area contributed by atoms with Gasteiger partial charge in [0.25, 0.3) is 0 Å². The number of rotatable bonds is 8. The molecule has 2 rings (SSSR count). The van der Waals surface area contributed by atoms with Gasteiger partial charge in [0.1, 0.15) is 0 Å². The lowest BCUT2D eigenvalue weighted by Gasteiger charge is -2.06. The maximum atomic E-state index is 5.60. The summed E-state index contributed by atoms with van der Waals surface area (Å²) in [5.41, 5.74) is 3.88. The first kappa shape index (κ1) is 14.9. The van der Waals surface area contributed by atoms with Crippen molar-refractivity contribution in [3.63, 3.8) is 0 Å². The Morgan fingerprint density at radius 2 is 2.15 bits per heavy atom. The molecule has 0 saturated heterocycles. The second kappa shape index (κ2) is 7.91. The number of nitrogens with one attached hydrogen (secondary N) is 1. The first-order valence-corrected chi connectivity index (χ1v) is 7.71. The van der Waals surface area contributed by atoms with E-state index in [-0.39, 0.29) is 0 Å². The fourth-order valence-electron chi connectivity index (χ4n) is 1.72. The third-order valence-electron chi connectivity index (χ3n) is 2.84. The molecule has 0 aliphatic rings. The molecule has 2 aromatic rings. The fraction of sp³-hybridized carbons (Fsp3) is 0.500. The number of aryl methyl sites for hydroxylation is 1. The van der Waals surface area contributed by atoms with Crippen LogP contribution in [-0.4, -0.2) is 28.1 Å². The van der Waals surface area contributed by atoms with E-state index in [4.69, 9.17) is 4.74 Å². The van der Waals surface area contributed by atoms with Crippen LogP contribution in [0.15, 0.2) is 17.9 Å². The summed E-state index contributed by atoms with van der Waals surface area (Å²) in [7, 11) is 0. The van der Waals surface area contributed by atoms with Crippen molar-refractivity contribution in [1.82, 2.24) is 20.3 Å². The predicted molar refractivity (Wildman–Crippen MR) is 80.1 cm³/mol. The minimum atomic E-state index is 0.575. The van der Waals surface area contributed by atoms with Crippen molar-refractivity contribution in [3.05, 3.63) is 34.2 Å². The summed E-state index contributed by atoms with van der Waals surface area (Å²) in [5.74, 6) is 0.575. The van der Waals surface area contributed by atoms with Gasteiger partial charge in [0, 0.05) is 17.8 Å². The fourth-order valence-corrected chi connectivity index (χ4v) is 2.48. The molecule has 5 nitrogen and oxygen atoms in total. The first-order chi connectivity index (χ1) is 9.79. The summed E-state index contributed by atoms with van der Waals surface area (Å²) >= 11 is 1.66. The van der Waals surface area contributed by atoms with Crippen LogP contribution in [0.1, 0.15) is 29.6 Å². The van der Waals surface area contributed by atoms with Crippen LogP contribution in [0.5, 0.6) is 5.88 Å². The van der Waals surface area contributed by atoms with Gasteiger partial charge in [-0.2, -0.15) is 0 Å². The molecule has 0 radical (unpaired) electrons. The molecule has 0 spiro atoms. The normalized spacial score (nSPS) is 10.7. The summed E-state index contributed by atoms with van der Waals surface area (Å²) in [6.07, 6.45) is 5.42. The molecule has 0 atom stereocenters. The second-order valence-electron chi connectivity index (χ2n) is 4.48. The Labute approximate surface area is 123 Å². The number of thiazole rings is 1. The summed E-state index contributed by atoms with van der Waals surface area (Å²) < 4.78 is 5.60. The third-order valence-corrected chi connectivity index (χ3v) is 3.83. The van der Waals surface area contributed by atoms with Crippen LogP contribution in [-0.2, 0) is 13.0 Å². The molecule has 0 amide bonds. The average Bonchev–Trinajstić information content (AvgIpc) is 2.87. The van der Waals surface area contributed by atoms with Crippen molar-refractivity contribution in [1.29, 1.82) is 0 Å². The minimum Gasteiger partial charge on any atom is -0.476 e. The highest BCUT2D eigenvalue weighted by molar-refractivity contribution is 7.09. The van der Waals surface area contributed by atoms with Gasteiger partial charge >= 0.3 is 0 Å². The van der Waals surface area contributed by atoms with Gasteiger partial charge in [-0.25, -0.2) is 9.97 Å². The van der Waals surface area contributed by atoms with Crippen molar-refractivity contribution < 1.29 is 4.74 Å². The van der Waals surface area contributed by atoms with Gasteiger partial charge in [-0.05, 0) is 19.9 Å². The maximum Gasteiger partial charge on any atom is 0.232 e. The van der Waals surface area contributed by atoms with Gasteiger partial charge in [0.2, 0.25) is 5.88 Å². The molecule has 6 heteroatoms. The summed E-state index contributed by atoms with van der Waals surface area (Å²) in [6, 6.07) is 0.